The third-order valence-corrected chi connectivity index (χ3v) is 7.63. The van der Waals surface area contributed by atoms with E-state index >= 15 is 0 Å². The monoisotopic (exact) mass is 364 g/mol. The Hall–Kier alpha value is -2.19. The van der Waals surface area contributed by atoms with Gasteiger partial charge in [-0.2, -0.15) is 0 Å². The molecular formula is C22H25N2OP. The second kappa shape index (κ2) is 8.46. The smallest absolute Gasteiger partial charge is 0.245 e. The molecule has 0 aromatic heterocycles. The zero-order valence-electron chi connectivity index (χ0n) is 15.3. The summed E-state index contributed by atoms with van der Waals surface area (Å²) in [4.78, 5) is 0. The second-order valence-corrected chi connectivity index (χ2v) is 9.45. The zero-order valence-corrected chi connectivity index (χ0v) is 16.2. The van der Waals surface area contributed by atoms with E-state index in [2.05, 4.69) is 24.3 Å². The Morgan fingerprint density at radius 2 is 0.962 bits per heavy atom. The first kappa shape index (κ1) is 18.6. The fourth-order valence-corrected chi connectivity index (χ4v) is 5.74. The lowest BCUT2D eigenvalue weighted by atomic mass is 10.2. The molecule has 0 atom stereocenters. The second-order valence-electron chi connectivity index (χ2n) is 6.48. The SMILES string of the molecule is CN(Cc1ccccc1)P(=O)(c1ccccc1)N(C)Cc1ccccc1. The molecule has 0 radical (unpaired) electrons. The summed E-state index contributed by atoms with van der Waals surface area (Å²) >= 11 is 0. The van der Waals surface area contributed by atoms with Crippen molar-refractivity contribution in [2.45, 2.75) is 13.1 Å². The Labute approximate surface area is 156 Å². The van der Waals surface area contributed by atoms with Gasteiger partial charge in [0.2, 0.25) is 7.44 Å². The van der Waals surface area contributed by atoms with Gasteiger partial charge in [0.15, 0.2) is 0 Å². The van der Waals surface area contributed by atoms with Gasteiger partial charge in [0, 0.05) is 18.4 Å². The molecule has 0 aliphatic rings. The lowest BCUT2D eigenvalue weighted by Gasteiger charge is -2.35. The summed E-state index contributed by atoms with van der Waals surface area (Å²) < 4.78 is 18.2. The molecule has 0 amide bonds. The van der Waals surface area contributed by atoms with Gasteiger partial charge >= 0.3 is 0 Å². The minimum absolute atomic E-state index is 0.631. The Morgan fingerprint density at radius 3 is 1.35 bits per heavy atom. The van der Waals surface area contributed by atoms with Crippen molar-refractivity contribution in [1.29, 1.82) is 0 Å². The molecule has 0 aliphatic heterocycles. The molecule has 0 saturated heterocycles. The van der Waals surface area contributed by atoms with Crippen molar-refractivity contribution in [3.05, 3.63) is 102 Å². The van der Waals surface area contributed by atoms with E-state index in [-0.39, 0.29) is 0 Å². The number of benzene rings is 3. The van der Waals surface area contributed by atoms with Gasteiger partial charge in [-0.3, -0.25) is 4.57 Å². The minimum Gasteiger partial charge on any atom is -0.284 e. The van der Waals surface area contributed by atoms with Crippen molar-refractivity contribution in [2.24, 2.45) is 0 Å². The van der Waals surface area contributed by atoms with Gasteiger partial charge in [0.1, 0.15) is 0 Å². The summed E-state index contributed by atoms with van der Waals surface area (Å²) in [7, 11) is 0.975. The van der Waals surface area contributed by atoms with Gasteiger partial charge in [0.25, 0.3) is 0 Å². The highest BCUT2D eigenvalue weighted by atomic mass is 31.2. The Morgan fingerprint density at radius 1 is 0.615 bits per heavy atom. The van der Waals surface area contributed by atoms with E-state index in [4.69, 9.17) is 0 Å². The Kier molecular flexibility index (Phi) is 6.05. The van der Waals surface area contributed by atoms with Crippen LogP contribution in [-0.4, -0.2) is 23.4 Å². The molecule has 0 unspecified atom stereocenters. The highest BCUT2D eigenvalue weighted by Crippen LogP contribution is 2.51. The van der Waals surface area contributed by atoms with Crippen LogP contribution in [0.3, 0.4) is 0 Å². The molecule has 4 heteroatoms. The molecular weight excluding hydrogens is 339 g/mol. The molecule has 26 heavy (non-hydrogen) atoms. The summed E-state index contributed by atoms with van der Waals surface area (Å²) in [5.41, 5.74) is 2.30. The largest absolute Gasteiger partial charge is 0.284 e. The first-order valence-corrected chi connectivity index (χ1v) is 10.4. The molecule has 0 heterocycles. The molecule has 3 aromatic carbocycles. The minimum atomic E-state index is -2.92. The fraction of sp³-hybridized carbons (Fsp3) is 0.182. The van der Waals surface area contributed by atoms with Crippen LogP contribution >= 0.6 is 7.44 Å². The quantitative estimate of drug-likeness (QED) is 0.564. The topological polar surface area (TPSA) is 23.6 Å². The van der Waals surface area contributed by atoms with Crippen molar-refractivity contribution < 1.29 is 4.57 Å². The first-order valence-electron chi connectivity index (χ1n) is 8.77. The molecule has 0 fully saturated rings. The van der Waals surface area contributed by atoms with Crippen molar-refractivity contribution in [3.8, 4) is 0 Å². The molecule has 3 rings (SSSR count). The number of hydrogen-bond acceptors (Lipinski definition) is 1. The van der Waals surface area contributed by atoms with Crippen LogP contribution in [0.25, 0.3) is 0 Å². The van der Waals surface area contributed by atoms with Gasteiger partial charge in [0.05, 0.1) is 0 Å². The van der Waals surface area contributed by atoms with E-state index in [1.54, 1.807) is 0 Å². The van der Waals surface area contributed by atoms with E-state index in [0.717, 1.165) is 16.4 Å². The standard InChI is InChI=1S/C22H25N2OP/c1-23(18-20-12-6-3-7-13-20)26(25,22-16-10-5-11-17-22)24(2)19-21-14-8-4-9-15-21/h3-17H,18-19H2,1-2H3. The molecule has 134 valence electrons. The van der Waals surface area contributed by atoms with Gasteiger partial charge in [-0.15, -0.1) is 0 Å². The Balaban J connectivity index is 1.92. The summed E-state index contributed by atoms with van der Waals surface area (Å²) in [5, 5.41) is 0.858. The van der Waals surface area contributed by atoms with Crippen molar-refractivity contribution in [3.63, 3.8) is 0 Å². The molecule has 3 nitrogen and oxygen atoms in total. The van der Waals surface area contributed by atoms with E-state index in [1.165, 1.54) is 0 Å². The van der Waals surface area contributed by atoms with Gasteiger partial charge in [-0.25, -0.2) is 9.34 Å². The molecule has 0 saturated carbocycles. The maximum atomic E-state index is 14.3. The Bertz CT molecular complexity index is 802. The van der Waals surface area contributed by atoms with Gasteiger partial charge in [-0.05, 0) is 37.4 Å². The maximum Gasteiger partial charge on any atom is 0.245 e. The van der Waals surface area contributed by atoms with E-state index in [9.17, 15) is 4.57 Å². The predicted molar refractivity (Wildman–Crippen MR) is 110 cm³/mol. The highest BCUT2D eigenvalue weighted by molar-refractivity contribution is 7.67. The summed E-state index contributed by atoms with van der Waals surface area (Å²) in [5.74, 6) is 0. The third kappa shape index (κ3) is 4.13. The first-order chi connectivity index (χ1) is 12.6. The van der Waals surface area contributed by atoms with Gasteiger partial charge < -0.3 is 0 Å². The summed E-state index contributed by atoms with van der Waals surface area (Å²) in [6, 6.07) is 30.2. The van der Waals surface area contributed by atoms with Crippen molar-refractivity contribution in [2.75, 3.05) is 14.1 Å². The number of nitrogens with zero attached hydrogens (tertiary/aromatic N) is 2. The van der Waals surface area contributed by atoms with E-state index < -0.39 is 7.44 Å². The van der Waals surface area contributed by atoms with Crippen molar-refractivity contribution >= 4 is 12.7 Å². The molecule has 0 bridgehead atoms. The number of rotatable bonds is 7. The summed E-state index contributed by atoms with van der Waals surface area (Å²) in [6.07, 6.45) is 0. The molecule has 0 N–H and O–H groups in total. The average Bonchev–Trinajstić information content (AvgIpc) is 2.69. The third-order valence-electron chi connectivity index (χ3n) is 4.53. The fourth-order valence-electron chi connectivity index (χ4n) is 3.16. The predicted octanol–water partition coefficient (Wildman–Crippen LogP) is 4.77. The average molecular weight is 364 g/mol. The van der Waals surface area contributed by atoms with Crippen LogP contribution in [-0.2, 0) is 17.7 Å². The molecule has 3 aromatic rings. The van der Waals surface area contributed by atoms with Gasteiger partial charge in [-0.1, -0.05) is 78.9 Å². The van der Waals surface area contributed by atoms with Crippen molar-refractivity contribution in [1.82, 2.24) is 9.34 Å². The van der Waals surface area contributed by atoms with Crippen LogP contribution in [0.2, 0.25) is 0 Å². The lowest BCUT2D eigenvalue weighted by Crippen LogP contribution is -2.32. The zero-order chi connectivity index (χ0) is 18.4. The van der Waals surface area contributed by atoms with Crippen LogP contribution in [0, 0.1) is 0 Å². The van der Waals surface area contributed by atoms with E-state index in [0.29, 0.717) is 13.1 Å². The molecule has 0 aliphatic carbocycles. The number of hydrogen-bond donors (Lipinski definition) is 0. The highest BCUT2D eigenvalue weighted by Gasteiger charge is 2.34. The van der Waals surface area contributed by atoms with Crippen LogP contribution in [0.5, 0.6) is 0 Å². The van der Waals surface area contributed by atoms with E-state index in [1.807, 2.05) is 90.2 Å². The van der Waals surface area contributed by atoms with Crippen LogP contribution in [0.4, 0.5) is 0 Å². The lowest BCUT2D eigenvalue weighted by molar-refractivity contribution is 0.392. The maximum absolute atomic E-state index is 14.3. The van der Waals surface area contributed by atoms with Crippen LogP contribution in [0.15, 0.2) is 91.0 Å². The molecule has 0 spiro atoms. The van der Waals surface area contributed by atoms with Crippen LogP contribution in [0.1, 0.15) is 11.1 Å². The van der Waals surface area contributed by atoms with Crippen LogP contribution < -0.4 is 5.30 Å². The normalized spacial score (nSPS) is 11.8. The summed E-state index contributed by atoms with van der Waals surface area (Å²) in [6.45, 7) is 1.26.